The third kappa shape index (κ3) is 3.73. The van der Waals surface area contributed by atoms with E-state index in [1.807, 2.05) is 67.5 Å². The molecule has 0 unspecified atom stereocenters. The maximum absolute atomic E-state index is 11.1. The van der Waals surface area contributed by atoms with Gasteiger partial charge in [-0.2, -0.15) is 0 Å². The first-order valence-electron chi connectivity index (χ1n) is 6.46. The van der Waals surface area contributed by atoms with Crippen LogP contribution < -0.4 is 4.90 Å². The molecule has 3 nitrogen and oxygen atoms in total. The molecular formula is C17H16BrNO2. The Kier molecular flexibility index (Phi) is 4.81. The number of carboxylic acid groups (broad SMARTS) is 1. The first kappa shape index (κ1) is 15.3. The van der Waals surface area contributed by atoms with Crippen LogP contribution in [0, 0.1) is 0 Å². The van der Waals surface area contributed by atoms with Gasteiger partial charge >= 0.3 is 5.97 Å². The van der Waals surface area contributed by atoms with E-state index in [0.29, 0.717) is 5.57 Å². The molecule has 0 saturated carbocycles. The van der Waals surface area contributed by atoms with E-state index < -0.39 is 5.97 Å². The molecule has 0 radical (unpaired) electrons. The van der Waals surface area contributed by atoms with Crippen molar-refractivity contribution in [2.45, 2.75) is 0 Å². The molecule has 0 bridgehead atoms. The zero-order chi connectivity index (χ0) is 15.4. The lowest BCUT2D eigenvalue weighted by Gasteiger charge is -2.16. The fourth-order valence-electron chi connectivity index (χ4n) is 2.11. The highest BCUT2D eigenvalue weighted by Crippen LogP contribution is 2.31. The molecule has 2 aromatic carbocycles. The Morgan fingerprint density at radius 3 is 2.29 bits per heavy atom. The lowest BCUT2D eigenvalue weighted by atomic mass is 9.97. The Labute approximate surface area is 132 Å². The fourth-order valence-corrected chi connectivity index (χ4v) is 2.85. The molecule has 21 heavy (non-hydrogen) atoms. The average molecular weight is 346 g/mol. The van der Waals surface area contributed by atoms with Gasteiger partial charge in [0.2, 0.25) is 0 Å². The molecule has 0 fully saturated rings. The van der Waals surface area contributed by atoms with Gasteiger partial charge in [-0.05, 0) is 44.8 Å². The molecule has 0 saturated heterocycles. The second kappa shape index (κ2) is 6.59. The van der Waals surface area contributed by atoms with Crippen LogP contribution in [0.5, 0.6) is 0 Å². The highest BCUT2D eigenvalue weighted by atomic mass is 79.9. The minimum atomic E-state index is -0.957. The molecule has 108 valence electrons. The number of nitrogens with zero attached hydrogens (tertiary/aromatic N) is 1. The number of hydrogen-bond acceptors (Lipinski definition) is 2. The smallest absolute Gasteiger partial charge is 0.328 e. The third-order valence-electron chi connectivity index (χ3n) is 3.09. The largest absolute Gasteiger partial charge is 0.478 e. The average Bonchev–Trinajstić information content (AvgIpc) is 2.45. The molecule has 0 heterocycles. The molecule has 0 aliphatic carbocycles. The third-order valence-corrected chi connectivity index (χ3v) is 3.73. The summed E-state index contributed by atoms with van der Waals surface area (Å²) in [5.41, 5.74) is 3.47. The van der Waals surface area contributed by atoms with Gasteiger partial charge in [0.15, 0.2) is 0 Å². The summed E-state index contributed by atoms with van der Waals surface area (Å²) in [5.74, 6) is -0.957. The Morgan fingerprint density at radius 2 is 1.76 bits per heavy atom. The van der Waals surface area contributed by atoms with Crippen molar-refractivity contribution < 1.29 is 9.90 Å². The van der Waals surface area contributed by atoms with E-state index in [-0.39, 0.29) is 0 Å². The standard InChI is InChI=1S/C17H16BrNO2/c1-19(2)16-9-8-13(10-15(16)18)14(11-17(20)21)12-6-4-3-5-7-12/h3-11H,1-2H3,(H,20,21)/b14-11+. The summed E-state index contributed by atoms with van der Waals surface area (Å²) < 4.78 is 0.928. The Bertz CT molecular complexity index is 678. The Hall–Kier alpha value is -2.07. The zero-order valence-corrected chi connectivity index (χ0v) is 13.5. The number of hydrogen-bond donors (Lipinski definition) is 1. The number of benzene rings is 2. The van der Waals surface area contributed by atoms with Crippen LogP contribution in [0.3, 0.4) is 0 Å². The molecule has 0 atom stereocenters. The molecule has 0 aromatic heterocycles. The predicted molar refractivity (Wildman–Crippen MR) is 89.6 cm³/mol. The van der Waals surface area contributed by atoms with Crippen LogP contribution in [0.2, 0.25) is 0 Å². The minimum Gasteiger partial charge on any atom is -0.478 e. The number of aliphatic carboxylic acids is 1. The van der Waals surface area contributed by atoms with Crippen molar-refractivity contribution in [1.82, 2.24) is 0 Å². The van der Waals surface area contributed by atoms with Crippen LogP contribution in [0.1, 0.15) is 11.1 Å². The highest BCUT2D eigenvalue weighted by Gasteiger charge is 2.10. The lowest BCUT2D eigenvalue weighted by Crippen LogP contribution is -2.09. The number of carbonyl (C=O) groups is 1. The van der Waals surface area contributed by atoms with E-state index >= 15 is 0 Å². The second-order valence-corrected chi connectivity index (χ2v) is 5.68. The summed E-state index contributed by atoms with van der Waals surface area (Å²) in [6, 6.07) is 15.4. The predicted octanol–water partition coefficient (Wildman–Crippen LogP) is 4.03. The van der Waals surface area contributed by atoms with Gasteiger partial charge in [0.1, 0.15) is 0 Å². The van der Waals surface area contributed by atoms with Crippen molar-refractivity contribution in [3.05, 3.63) is 70.2 Å². The van der Waals surface area contributed by atoms with E-state index in [1.54, 1.807) is 0 Å². The zero-order valence-electron chi connectivity index (χ0n) is 11.9. The van der Waals surface area contributed by atoms with Gasteiger partial charge < -0.3 is 10.0 Å². The number of halogens is 1. The van der Waals surface area contributed by atoms with Crippen molar-refractivity contribution in [3.63, 3.8) is 0 Å². The summed E-state index contributed by atoms with van der Waals surface area (Å²) in [7, 11) is 3.93. The van der Waals surface area contributed by atoms with Crippen LogP contribution in [0.4, 0.5) is 5.69 Å². The van der Waals surface area contributed by atoms with Crippen molar-refractivity contribution >= 4 is 33.2 Å². The van der Waals surface area contributed by atoms with E-state index in [9.17, 15) is 4.79 Å². The number of anilines is 1. The molecule has 4 heteroatoms. The van der Waals surface area contributed by atoms with Gasteiger partial charge in [-0.15, -0.1) is 0 Å². The van der Waals surface area contributed by atoms with Gasteiger partial charge in [0.25, 0.3) is 0 Å². The van der Waals surface area contributed by atoms with Crippen molar-refractivity contribution in [2.75, 3.05) is 19.0 Å². The second-order valence-electron chi connectivity index (χ2n) is 4.82. The Balaban J connectivity index is 2.53. The van der Waals surface area contributed by atoms with Gasteiger partial charge in [-0.25, -0.2) is 4.79 Å². The molecule has 0 amide bonds. The first-order chi connectivity index (χ1) is 9.99. The fraction of sp³-hybridized carbons (Fsp3) is 0.118. The summed E-state index contributed by atoms with van der Waals surface area (Å²) in [6.07, 6.45) is 1.24. The topological polar surface area (TPSA) is 40.5 Å². The summed E-state index contributed by atoms with van der Waals surface area (Å²) >= 11 is 3.54. The maximum atomic E-state index is 11.1. The van der Waals surface area contributed by atoms with Crippen LogP contribution >= 0.6 is 15.9 Å². The van der Waals surface area contributed by atoms with E-state index in [2.05, 4.69) is 15.9 Å². The normalized spacial score (nSPS) is 11.3. The monoisotopic (exact) mass is 345 g/mol. The van der Waals surface area contributed by atoms with Crippen LogP contribution in [-0.2, 0) is 4.79 Å². The van der Waals surface area contributed by atoms with Crippen molar-refractivity contribution in [3.8, 4) is 0 Å². The maximum Gasteiger partial charge on any atom is 0.328 e. The van der Waals surface area contributed by atoms with Gasteiger partial charge in [-0.1, -0.05) is 36.4 Å². The summed E-state index contributed by atoms with van der Waals surface area (Å²) in [6.45, 7) is 0. The molecule has 2 aromatic rings. The first-order valence-corrected chi connectivity index (χ1v) is 7.25. The van der Waals surface area contributed by atoms with Crippen molar-refractivity contribution in [2.24, 2.45) is 0 Å². The number of rotatable bonds is 4. The number of carboxylic acids is 1. The summed E-state index contributed by atoms with van der Waals surface area (Å²) in [5, 5.41) is 9.12. The molecular weight excluding hydrogens is 330 g/mol. The van der Waals surface area contributed by atoms with Crippen LogP contribution in [0.15, 0.2) is 59.1 Å². The van der Waals surface area contributed by atoms with E-state index in [4.69, 9.17) is 5.11 Å². The molecule has 2 rings (SSSR count). The molecule has 0 aliphatic rings. The van der Waals surface area contributed by atoms with Crippen LogP contribution in [-0.4, -0.2) is 25.2 Å². The van der Waals surface area contributed by atoms with Gasteiger partial charge in [-0.3, -0.25) is 0 Å². The van der Waals surface area contributed by atoms with E-state index in [1.165, 1.54) is 6.08 Å². The highest BCUT2D eigenvalue weighted by molar-refractivity contribution is 9.10. The molecule has 0 spiro atoms. The molecule has 1 N–H and O–H groups in total. The SMILES string of the molecule is CN(C)c1ccc(/C(=C/C(=O)O)c2ccccc2)cc1Br. The molecule has 0 aliphatic heterocycles. The van der Waals surface area contributed by atoms with Gasteiger partial charge in [0, 0.05) is 24.6 Å². The van der Waals surface area contributed by atoms with Crippen molar-refractivity contribution in [1.29, 1.82) is 0 Å². The van der Waals surface area contributed by atoms with Crippen LogP contribution in [0.25, 0.3) is 5.57 Å². The quantitative estimate of drug-likeness (QED) is 0.850. The van der Waals surface area contributed by atoms with Gasteiger partial charge in [0.05, 0.1) is 5.69 Å². The lowest BCUT2D eigenvalue weighted by molar-refractivity contribution is -0.131. The van der Waals surface area contributed by atoms with E-state index in [0.717, 1.165) is 21.3 Å². The minimum absolute atomic E-state index is 0.689. The Morgan fingerprint density at radius 1 is 1.10 bits per heavy atom. The summed E-state index contributed by atoms with van der Waals surface area (Å²) in [4.78, 5) is 13.1.